The first-order chi connectivity index (χ1) is 9.65. The third-order valence-electron chi connectivity index (χ3n) is 2.57. The summed E-state index contributed by atoms with van der Waals surface area (Å²) < 4.78 is 1.98. The first kappa shape index (κ1) is 20.4. The number of nitrogens with two attached hydrogens (primary N) is 2. The standard InChI is InChI=1S/C14H15ClN5.BrH.ClH/c15-12-6-4-11(5-7-12)13(18-19-14(16)17)10-20-8-2-1-3-9-20;;/h1-9H,10H2,(H4,16,17,19);2*1H/q+1;;/p-1. The van der Waals surface area contributed by atoms with E-state index in [-0.39, 0.29) is 35.3 Å². The van der Waals surface area contributed by atoms with Crippen molar-refractivity contribution in [1.29, 1.82) is 0 Å². The molecule has 1 heterocycles. The van der Waals surface area contributed by atoms with Crippen LogP contribution in [0.2, 0.25) is 5.02 Å². The lowest BCUT2D eigenvalue weighted by atomic mass is 10.1. The highest BCUT2D eigenvalue weighted by Gasteiger charge is 2.10. The average Bonchev–Trinajstić information content (AvgIpc) is 2.45. The van der Waals surface area contributed by atoms with Crippen LogP contribution in [0.3, 0.4) is 0 Å². The zero-order chi connectivity index (χ0) is 14.4. The van der Waals surface area contributed by atoms with Crippen molar-refractivity contribution in [2.45, 2.75) is 6.54 Å². The molecule has 0 amide bonds. The summed E-state index contributed by atoms with van der Waals surface area (Å²) in [6, 6.07) is 13.2. The van der Waals surface area contributed by atoms with E-state index in [1.54, 1.807) is 12.1 Å². The lowest BCUT2D eigenvalue weighted by molar-refractivity contribution is -0.681. The van der Waals surface area contributed by atoms with Crippen LogP contribution in [-0.4, -0.2) is 11.7 Å². The summed E-state index contributed by atoms with van der Waals surface area (Å²) >= 11 is 5.89. The molecule has 0 aliphatic carbocycles. The molecule has 118 valence electrons. The van der Waals surface area contributed by atoms with Crippen LogP contribution in [-0.2, 0) is 6.54 Å². The van der Waals surface area contributed by atoms with Gasteiger partial charge in [-0.25, -0.2) is 0 Å². The van der Waals surface area contributed by atoms with Gasteiger partial charge in [0.15, 0.2) is 18.9 Å². The fourth-order valence-electron chi connectivity index (χ4n) is 1.65. The Hall–Kier alpha value is -1.63. The Morgan fingerprint density at radius 2 is 1.59 bits per heavy atom. The van der Waals surface area contributed by atoms with E-state index in [4.69, 9.17) is 23.1 Å². The predicted octanol–water partition coefficient (Wildman–Crippen LogP) is -1.27. The van der Waals surface area contributed by atoms with Crippen molar-refractivity contribution in [3.8, 4) is 0 Å². The van der Waals surface area contributed by atoms with Crippen LogP contribution in [0.25, 0.3) is 0 Å². The van der Waals surface area contributed by atoms with Crippen molar-refractivity contribution in [3.05, 3.63) is 65.4 Å². The van der Waals surface area contributed by atoms with Gasteiger partial charge in [0, 0.05) is 22.7 Å². The molecule has 0 spiro atoms. The summed E-state index contributed by atoms with van der Waals surface area (Å²) in [6.45, 7) is 0.555. The Bertz CT molecular complexity index is 625. The topological polar surface area (TPSA) is 80.6 Å². The Morgan fingerprint density at radius 1 is 1.00 bits per heavy atom. The van der Waals surface area contributed by atoms with Gasteiger partial charge in [-0.2, -0.15) is 4.57 Å². The van der Waals surface area contributed by atoms with Crippen LogP contribution in [0.1, 0.15) is 5.56 Å². The summed E-state index contributed by atoms with van der Waals surface area (Å²) in [4.78, 5) is 0. The Kier molecular flexibility index (Phi) is 9.40. The van der Waals surface area contributed by atoms with Gasteiger partial charge in [-0.05, 0) is 12.1 Å². The van der Waals surface area contributed by atoms with E-state index >= 15 is 0 Å². The van der Waals surface area contributed by atoms with E-state index in [2.05, 4.69) is 10.2 Å². The molecule has 2 rings (SSSR count). The normalized spacial score (nSPS) is 10.1. The van der Waals surface area contributed by atoms with E-state index in [0.29, 0.717) is 11.6 Å². The number of rotatable bonds is 4. The van der Waals surface area contributed by atoms with Gasteiger partial charge in [-0.1, -0.05) is 29.8 Å². The van der Waals surface area contributed by atoms with Gasteiger partial charge < -0.3 is 28.4 Å². The van der Waals surface area contributed by atoms with Crippen LogP contribution < -0.4 is 33.0 Å². The van der Waals surface area contributed by atoms with Gasteiger partial charge >= 0.3 is 0 Å². The zero-order valence-corrected chi connectivity index (χ0v) is 14.7. The Labute approximate surface area is 150 Å². The molecule has 5 nitrogen and oxygen atoms in total. The summed E-state index contributed by atoms with van der Waals surface area (Å²) in [6.07, 6.45) is 3.89. The number of hydrogen-bond acceptors (Lipinski definition) is 2. The molecule has 22 heavy (non-hydrogen) atoms. The van der Waals surface area contributed by atoms with E-state index < -0.39 is 0 Å². The number of aromatic nitrogens is 1. The molecule has 0 atom stereocenters. The lowest BCUT2D eigenvalue weighted by Gasteiger charge is -2.02. The fraction of sp³-hybridized carbons (Fsp3) is 0.0714. The van der Waals surface area contributed by atoms with Crippen molar-refractivity contribution in [2.24, 2.45) is 21.7 Å². The molecule has 0 fully saturated rings. The second-order valence-corrected chi connectivity index (χ2v) is 4.56. The molecule has 0 radical (unpaired) electrons. The maximum atomic E-state index is 5.89. The van der Waals surface area contributed by atoms with Gasteiger partial charge in [0.25, 0.3) is 0 Å². The van der Waals surface area contributed by atoms with Crippen LogP contribution in [0.4, 0.5) is 0 Å². The third-order valence-corrected chi connectivity index (χ3v) is 2.83. The summed E-state index contributed by atoms with van der Waals surface area (Å²) in [5, 5.41) is 8.51. The third kappa shape index (κ3) is 6.43. The molecule has 4 N–H and O–H groups in total. The highest BCUT2D eigenvalue weighted by atomic mass is 79.9. The predicted molar refractivity (Wildman–Crippen MR) is 87.7 cm³/mol. The Morgan fingerprint density at radius 3 is 2.14 bits per heavy atom. The maximum absolute atomic E-state index is 5.89. The number of pyridine rings is 1. The molecule has 0 aliphatic heterocycles. The van der Waals surface area contributed by atoms with Crippen molar-refractivity contribution < 1.29 is 21.5 Å². The second kappa shape index (κ2) is 10.2. The number of benzene rings is 1. The molecular formula is C14H16BrCl2N5. The maximum Gasteiger partial charge on any atom is 0.211 e. The van der Waals surface area contributed by atoms with Crippen molar-refractivity contribution in [1.82, 2.24) is 0 Å². The molecule has 0 saturated heterocycles. The molecule has 0 bridgehead atoms. The van der Waals surface area contributed by atoms with E-state index in [1.807, 2.05) is 47.3 Å². The molecule has 1 aromatic carbocycles. The van der Waals surface area contributed by atoms with Crippen LogP contribution >= 0.6 is 24.0 Å². The first-order valence-electron chi connectivity index (χ1n) is 6.00. The van der Waals surface area contributed by atoms with Gasteiger partial charge in [0.2, 0.25) is 5.96 Å². The lowest BCUT2D eigenvalue weighted by Crippen LogP contribution is -3.00. The summed E-state index contributed by atoms with van der Waals surface area (Å²) in [5.41, 5.74) is 12.3. The molecule has 0 aliphatic rings. The molecule has 0 unspecified atom stereocenters. The first-order valence-corrected chi connectivity index (χ1v) is 6.38. The van der Waals surface area contributed by atoms with Gasteiger partial charge in [-0.3, -0.25) is 0 Å². The number of guanidine groups is 1. The highest BCUT2D eigenvalue weighted by molar-refractivity contribution is 6.30. The molecule has 2 aromatic rings. The fourth-order valence-corrected chi connectivity index (χ4v) is 1.78. The van der Waals surface area contributed by atoms with Gasteiger partial charge in [0.05, 0.1) is 0 Å². The SMILES string of the molecule is Cl.NC(N)=NN=C(C[n+]1ccccc1)c1ccc(Cl)cc1.[Br-]. The number of nitrogens with zero attached hydrogens (tertiary/aromatic N) is 3. The van der Waals surface area contributed by atoms with Crippen LogP contribution in [0, 0.1) is 0 Å². The smallest absolute Gasteiger partial charge is 0.211 e. The molecule has 1 aromatic heterocycles. The van der Waals surface area contributed by atoms with Crippen LogP contribution in [0.15, 0.2) is 65.1 Å². The minimum atomic E-state index is -0.0745. The van der Waals surface area contributed by atoms with E-state index in [1.165, 1.54) is 0 Å². The zero-order valence-electron chi connectivity index (χ0n) is 11.6. The van der Waals surface area contributed by atoms with Gasteiger partial charge in [-0.15, -0.1) is 22.6 Å². The number of hydrogen-bond donors (Lipinski definition) is 2. The molecular weight excluding hydrogens is 389 g/mol. The van der Waals surface area contributed by atoms with Crippen molar-refractivity contribution in [2.75, 3.05) is 0 Å². The van der Waals surface area contributed by atoms with Crippen molar-refractivity contribution in [3.63, 3.8) is 0 Å². The van der Waals surface area contributed by atoms with E-state index in [0.717, 1.165) is 11.3 Å². The van der Waals surface area contributed by atoms with E-state index in [9.17, 15) is 0 Å². The van der Waals surface area contributed by atoms with Gasteiger partial charge in [0.1, 0.15) is 5.71 Å². The largest absolute Gasteiger partial charge is 1.00 e. The second-order valence-electron chi connectivity index (χ2n) is 4.13. The summed E-state index contributed by atoms with van der Waals surface area (Å²) in [5.74, 6) is -0.0745. The minimum Gasteiger partial charge on any atom is -1.00 e. The molecule has 8 heteroatoms. The monoisotopic (exact) mass is 403 g/mol. The highest BCUT2D eigenvalue weighted by Crippen LogP contribution is 2.10. The number of halogens is 3. The molecule has 0 saturated carbocycles. The summed E-state index contributed by atoms with van der Waals surface area (Å²) in [7, 11) is 0. The minimum absolute atomic E-state index is 0. The van der Waals surface area contributed by atoms with Crippen LogP contribution in [0.5, 0.6) is 0 Å². The average molecular weight is 405 g/mol. The quantitative estimate of drug-likeness (QED) is 0.288. The Balaban J connectivity index is 0.00000220. The van der Waals surface area contributed by atoms with Crippen molar-refractivity contribution >= 4 is 35.7 Å².